The van der Waals surface area contributed by atoms with Gasteiger partial charge in [0.05, 0.1) is 0 Å². The van der Waals surface area contributed by atoms with E-state index in [9.17, 15) is 0 Å². The van der Waals surface area contributed by atoms with Crippen molar-refractivity contribution in [2.75, 3.05) is 7.05 Å². The summed E-state index contributed by atoms with van der Waals surface area (Å²) < 4.78 is 0. The van der Waals surface area contributed by atoms with Crippen LogP contribution in [0.3, 0.4) is 0 Å². The van der Waals surface area contributed by atoms with Gasteiger partial charge >= 0.3 is 0 Å². The van der Waals surface area contributed by atoms with Gasteiger partial charge in [0.2, 0.25) is 0 Å². The Bertz CT molecular complexity index is 243. The van der Waals surface area contributed by atoms with E-state index in [-0.39, 0.29) is 32.7 Å². The van der Waals surface area contributed by atoms with Gasteiger partial charge in [-0.25, -0.2) is 0 Å². The van der Waals surface area contributed by atoms with Crippen molar-refractivity contribution in [1.29, 1.82) is 0 Å². The predicted molar refractivity (Wildman–Crippen MR) is 47.9 cm³/mol. The Balaban J connectivity index is 0.00000121. The third-order valence-electron chi connectivity index (χ3n) is 1.66. The predicted octanol–water partition coefficient (Wildman–Crippen LogP) is 2.66. The molecule has 0 atom stereocenters. The minimum atomic E-state index is 0. The Labute approximate surface area is 104 Å². The molecule has 0 bridgehead atoms. The van der Waals surface area contributed by atoms with Crippen molar-refractivity contribution in [3.05, 3.63) is 35.2 Å². The molecule has 0 aromatic rings. The number of hydrogen-bond acceptors (Lipinski definition) is 1. The van der Waals surface area contributed by atoms with Crippen LogP contribution < -0.4 is 0 Å². The van der Waals surface area contributed by atoms with Gasteiger partial charge in [0.25, 0.3) is 0 Å². The zero-order valence-corrected chi connectivity index (χ0v) is 11.0. The Morgan fingerprint density at radius 3 is 2.75 bits per heavy atom. The van der Waals surface area contributed by atoms with Crippen LogP contribution in [0.25, 0.3) is 0 Å². The van der Waals surface area contributed by atoms with Gasteiger partial charge in [0, 0.05) is 32.7 Å². The molecule has 0 N–H and O–H groups in total. The van der Waals surface area contributed by atoms with Gasteiger partial charge in [-0.3, -0.25) is 0 Å². The van der Waals surface area contributed by atoms with Gasteiger partial charge in [0.1, 0.15) is 0 Å². The van der Waals surface area contributed by atoms with E-state index in [1.54, 1.807) is 0 Å². The molecule has 1 radical (unpaired) electrons. The number of hydrogen-bond donors (Lipinski definition) is 0. The molecule has 0 fully saturated rings. The molecule has 0 saturated heterocycles. The Hall–Kier alpha value is 0.414. The van der Waals surface area contributed by atoms with E-state index >= 15 is 0 Å². The van der Waals surface area contributed by atoms with Crippen LogP contribution in [0.5, 0.6) is 0 Å². The minimum Gasteiger partial charge on any atom is -0.462 e. The largest absolute Gasteiger partial charge is 0.462 e. The third kappa shape index (κ3) is 2.72. The fourth-order valence-corrected chi connectivity index (χ4v) is 1.27. The van der Waals surface area contributed by atoms with E-state index in [0.717, 1.165) is 12.0 Å². The first-order chi connectivity index (χ1) is 5.15. The van der Waals surface area contributed by atoms with Gasteiger partial charge in [0.15, 0.2) is 0 Å². The summed E-state index contributed by atoms with van der Waals surface area (Å²) in [6.45, 7) is 5.94. The molecule has 0 saturated carbocycles. The molecule has 3 heteroatoms. The normalized spacial score (nSPS) is 16.6. The molecule has 0 aromatic carbocycles. The molecule has 0 unspecified atom stereocenters. The van der Waals surface area contributed by atoms with E-state index in [0.29, 0.717) is 5.03 Å². The van der Waals surface area contributed by atoms with Crippen LogP contribution in [0, 0.1) is 6.20 Å². The Morgan fingerprint density at radius 2 is 2.25 bits per heavy atom. The summed E-state index contributed by atoms with van der Waals surface area (Å²) in [6.07, 6.45) is 5.89. The van der Waals surface area contributed by atoms with E-state index < -0.39 is 0 Å². The molecule has 0 spiro atoms. The second kappa shape index (κ2) is 5.21. The Morgan fingerprint density at radius 1 is 1.67 bits per heavy atom. The standard InChI is InChI=1S/C9H11ClN.Y/c1-4-8-5-11(3)6-9(10)7(8)2;/h5H,2,4H2,1,3H3;/q-1;. The summed E-state index contributed by atoms with van der Waals surface area (Å²) in [5, 5.41) is 0.617. The molecule has 1 heterocycles. The molecule has 1 nitrogen and oxygen atoms in total. The second-order valence-electron chi connectivity index (χ2n) is 2.52. The van der Waals surface area contributed by atoms with E-state index in [1.807, 2.05) is 18.1 Å². The number of nitrogens with zero attached hydrogens (tertiary/aromatic N) is 1. The van der Waals surface area contributed by atoms with Crippen LogP contribution in [0.15, 0.2) is 29.0 Å². The van der Waals surface area contributed by atoms with Crippen molar-refractivity contribution >= 4 is 11.6 Å². The maximum absolute atomic E-state index is 5.86. The van der Waals surface area contributed by atoms with Gasteiger partial charge in [-0.15, -0.1) is 35.5 Å². The first-order valence-electron chi connectivity index (χ1n) is 3.57. The van der Waals surface area contributed by atoms with Gasteiger partial charge in [-0.1, -0.05) is 19.5 Å². The fourth-order valence-electron chi connectivity index (χ4n) is 1.01. The van der Waals surface area contributed by atoms with Crippen molar-refractivity contribution in [2.45, 2.75) is 13.3 Å². The van der Waals surface area contributed by atoms with Crippen molar-refractivity contribution < 1.29 is 32.7 Å². The van der Waals surface area contributed by atoms with Crippen LogP contribution in [-0.4, -0.2) is 11.9 Å². The van der Waals surface area contributed by atoms with Crippen LogP contribution in [0.1, 0.15) is 13.3 Å². The molecule has 0 aliphatic carbocycles. The SMILES string of the molecule is C=C1C(Cl)=[C-]N(C)C=C1CC.[Y]. The first-order valence-corrected chi connectivity index (χ1v) is 3.95. The molecule has 12 heavy (non-hydrogen) atoms. The number of rotatable bonds is 1. The third-order valence-corrected chi connectivity index (χ3v) is 1.97. The van der Waals surface area contributed by atoms with E-state index in [4.69, 9.17) is 11.6 Å². The van der Waals surface area contributed by atoms with Crippen LogP contribution in [0.2, 0.25) is 0 Å². The smallest absolute Gasteiger partial charge is 0 e. The summed E-state index contributed by atoms with van der Waals surface area (Å²) in [5.74, 6) is 0. The maximum Gasteiger partial charge on any atom is 0 e. The summed E-state index contributed by atoms with van der Waals surface area (Å²) in [4.78, 5) is 1.83. The molecule has 63 valence electrons. The summed E-state index contributed by atoms with van der Waals surface area (Å²) in [5.41, 5.74) is 2.07. The average Bonchev–Trinajstić information content (AvgIpc) is 1.96. The van der Waals surface area contributed by atoms with Crippen LogP contribution in [-0.2, 0) is 32.7 Å². The molecule has 0 aromatic heterocycles. The van der Waals surface area contributed by atoms with E-state index in [1.165, 1.54) is 5.57 Å². The van der Waals surface area contributed by atoms with Crippen LogP contribution in [0.4, 0.5) is 0 Å². The molecule has 1 rings (SSSR count). The van der Waals surface area contributed by atoms with Gasteiger partial charge < -0.3 is 4.90 Å². The number of allylic oxidation sites excluding steroid dienone is 3. The minimum absolute atomic E-state index is 0. The maximum atomic E-state index is 5.86. The Kier molecular flexibility index (Phi) is 5.39. The van der Waals surface area contributed by atoms with Crippen molar-refractivity contribution in [3.8, 4) is 0 Å². The zero-order chi connectivity index (χ0) is 8.43. The summed E-state index contributed by atoms with van der Waals surface area (Å²) in [7, 11) is 1.91. The topological polar surface area (TPSA) is 3.24 Å². The second-order valence-corrected chi connectivity index (χ2v) is 2.90. The monoisotopic (exact) mass is 257 g/mol. The fraction of sp³-hybridized carbons (Fsp3) is 0.333. The number of halogens is 1. The molecule has 0 amide bonds. The molecule has 1 aliphatic rings. The average molecular weight is 258 g/mol. The van der Waals surface area contributed by atoms with Crippen molar-refractivity contribution in [3.63, 3.8) is 0 Å². The van der Waals surface area contributed by atoms with Crippen molar-refractivity contribution in [1.82, 2.24) is 4.90 Å². The van der Waals surface area contributed by atoms with E-state index in [2.05, 4.69) is 19.7 Å². The molecular formula is C9H11ClNY-. The summed E-state index contributed by atoms with van der Waals surface area (Å²) >= 11 is 5.86. The van der Waals surface area contributed by atoms with Gasteiger partial charge in [-0.2, -0.15) is 0 Å². The quantitative estimate of drug-likeness (QED) is 0.653. The van der Waals surface area contributed by atoms with Crippen LogP contribution >= 0.6 is 11.6 Å². The van der Waals surface area contributed by atoms with Gasteiger partial charge in [-0.05, 0) is 12.1 Å². The molecular weight excluding hydrogens is 246 g/mol. The first kappa shape index (κ1) is 12.4. The van der Waals surface area contributed by atoms with Crippen molar-refractivity contribution in [2.24, 2.45) is 0 Å². The zero-order valence-electron chi connectivity index (χ0n) is 7.39. The molecule has 1 aliphatic heterocycles. The summed E-state index contributed by atoms with van der Waals surface area (Å²) in [6, 6.07) is 0.